The third-order valence-corrected chi connectivity index (χ3v) is 6.34. The van der Waals surface area contributed by atoms with Gasteiger partial charge in [0.25, 0.3) is 5.91 Å². The second-order valence-corrected chi connectivity index (χ2v) is 8.39. The van der Waals surface area contributed by atoms with E-state index in [9.17, 15) is 9.18 Å². The van der Waals surface area contributed by atoms with Crippen molar-refractivity contribution in [3.63, 3.8) is 0 Å². The van der Waals surface area contributed by atoms with Crippen LogP contribution in [-0.2, 0) is 4.74 Å². The van der Waals surface area contributed by atoms with E-state index in [1.165, 1.54) is 11.0 Å². The van der Waals surface area contributed by atoms with Gasteiger partial charge in [0.15, 0.2) is 5.58 Å². The molecule has 0 atom stereocenters. The topological polar surface area (TPSA) is 55.6 Å². The number of thioether (sulfide) groups is 1. The van der Waals surface area contributed by atoms with E-state index in [-0.39, 0.29) is 11.5 Å². The molecule has 162 valence electrons. The molecule has 0 unspecified atom stereocenters. The Kier molecular flexibility index (Phi) is 5.68. The molecule has 0 aliphatic carbocycles. The van der Waals surface area contributed by atoms with Gasteiger partial charge in [-0.15, -0.1) is 11.8 Å². The Morgan fingerprint density at radius 1 is 1.03 bits per heavy atom. The standard InChI is InChI=1S/C25H21FN2O3S/c1-32-18-5-2-16(3-6-18)23-15-22-24(31-23)19(8-9-27-22)17-4-7-21(26)20(14-17)25(29)28-10-12-30-13-11-28/h2-9,14-15H,10-13H2,1H3. The molecule has 1 fully saturated rings. The highest BCUT2D eigenvalue weighted by Gasteiger charge is 2.22. The molecule has 5 rings (SSSR count). The van der Waals surface area contributed by atoms with Crippen LogP contribution in [0, 0.1) is 5.82 Å². The quantitative estimate of drug-likeness (QED) is 0.386. The number of pyridine rings is 1. The lowest BCUT2D eigenvalue weighted by molar-refractivity contribution is 0.0300. The summed E-state index contributed by atoms with van der Waals surface area (Å²) >= 11 is 1.68. The van der Waals surface area contributed by atoms with Crippen LogP contribution in [0.25, 0.3) is 33.6 Å². The van der Waals surface area contributed by atoms with Gasteiger partial charge in [-0.2, -0.15) is 0 Å². The second-order valence-electron chi connectivity index (χ2n) is 7.51. The van der Waals surface area contributed by atoms with Gasteiger partial charge in [0.2, 0.25) is 0 Å². The molecule has 1 saturated heterocycles. The van der Waals surface area contributed by atoms with Crippen molar-refractivity contribution in [2.75, 3.05) is 32.6 Å². The van der Waals surface area contributed by atoms with E-state index in [4.69, 9.17) is 9.15 Å². The maximum atomic E-state index is 14.6. The average molecular weight is 449 g/mol. The van der Waals surface area contributed by atoms with Crippen LogP contribution >= 0.6 is 11.8 Å². The maximum absolute atomic E-state index is 14.6. The van der Waals surface area contributed by atoms with Crippen LogP contribution in [0.2, 0.25) is 0 Å². The Bertz CT molecular complexity index is 1280. The summed E-state index contributed by atoms with van der Waals surface area (Å²) in [6.07, 6.45) is 3.73. The molecule has 0 saturated carbocycles. The molecule has 0 spiro atoms. The number of hydrogen-bond acceptors (Lipinski definition) is 5. The Morgan fingerprint density at radius 2 is 1.78 bits per heavy atom. The predicted molar refractivity (Wildman–Crippen MR) is 123 cm³/mol. The lowest BCUT2D eigenvalue weighted by Gasteiger charge is -2.27. The third-order valence-electron chi connectivity index (χ3n) is 5.59. The number of morpholine rings is 1. The minimum atomic E-state index is -0.537. The van der Waals surface area contributed by atoms with E-state index in [1.54, 1.807) is 35.0 Å². The van der Waals surface area contributed by atoms with E-state index in [0.717, 1.165) is 11.1 Å². The number of carbonyl (C=O) groups excluding carboxylic acids is 1. The number of rotatable bonds is 4. The molecule has 1 aliphatic rings. The molecular weight excluding hydrogens is 427 g/mol. The molecule has 0 bridgehead atoms. The highest BCUT2D eigenvalue weighted by molar-refractivity contribution is 7.98. The van der Waals surface area contributed by atoms with Crippen LogP contribution in [0.3, 0.4) is 0 Å². The molecule has 4 aromatic rings. The first-order valence-electron chi connectivity index (χ1n) is 10.3. The summed E-state index contributed by atoms with van der Waals surface area (Å²) in [5, 5.41) is 0. The molecule has 2 aromatic carbocycles. The number of nitrogens with zero attached hydrogens (tertiary/aromatic N) is 2. The number of benzene rings is 2. The van der Waals surface area contributed by atoms with E-state index < -0.39 is 5.82 Å². The van der Waals surface area contributed by atoms with Gasteiger partial charge < -0.3 is 14.1 Å². The van der Waals surface area contributed by atoms with Crippen LogP contribution in [0.5, 0.6) is 0 Å². The molecule has 32 heavy (non-hydrogen) atoms. The van der Waals surface area contributed by atoms with Gasteiger partial charge >= 0.3 is 0 Å². The predicted octanol–water partition coefficient (Wildman–Crippen LogP) is 5.50. The Hall–Kier alpha value is -3.16. The molecular formula is C25H21FN2O3S. The molecule has 3 heterocycles. The van der Waals surface area contributed by atoms with Gasteiger partial charge in [-0.25, -0.2) is 4.39 Å². The zero-order valence-corrected chi connectivity index (χ0v) is 18.3. The fourth-order valence-electron chi connectivity index (χ4n) is 3.86. The van der Waals surface area contributed by atoms with Gasteiger partial charge in [0.05, 0.1) is 18.8 Å². The van der Waals surface area contributed by atoms with Crippen molar-refractivity contribution >= 4 is 28.8 Å². The summed E-state index contributed by atoms with van der Waals surface area (Å²) in [7, 11) is 0. The van der Waals surface area contributed by atoms with Crippen molar-refractivity contribution in [3.8, 4) is 22.5 Å². The van der Waals surface area contributed by atoms with Crippen molar-refractivity contribution in [3.05, 3.63) is 72.2 Å². The lowest BCUT2D eigenvalue weighted by atomic mass is 10.0. The number of amides is 1. The first kappa shape index (κ1) is 20.7. The lowest BCUT2D eigenvalue weighted by Crippen LogP contribution is -2.41. The highest BCUT2D eigenvalue weighted by atomic mass is 32.2. The van der Waals surface area contributed by atoms with E-state index in [2.05, 4.69) is 4.98 Å². The van der Waals surface area contributed by atoms with E-state index >= 15 is 0 Å². The molecule has 1 aliphatic heterocycles. The Morgan fingerprint density at radius 3 is 2.53 bits per heavy atom. The summed E-state index contributed by atoms with van der Waals surface area (Å²) < 4.78 is 26.1. The van der Waals surface area contributed by atoms with Crippen LogP contribution in [0.15, 0.2) is 70.1 Å². The Balaban J connectivity index is 1.54. The fourth-order valence-corrected chi connectivity index (χ4v) is 4.26. The van der Waals surface area contributed by atoms with Crippen LogP contribution in [-0.4, -0.2) is 48.4 Å². The largest absolute Gasteiger partial charge is 0.454 e. The van der Waals surface area contributed by atoms with Gasteiger partial charge in [0, 0.05) is 41.4 Å². The zero-order valence-electron chi connectivity index (χ0n) is 17.5. The van der Waals surface area contributed by atoms with Crippen LogP contribution in [0.4, 0.5) is 4.39 Å². The number of ether oxygens (including phenoxy) is 1. The number of carbonyl (C=O) groups is 1. The van der Waals surface area contributed by atoms with E-state index in [0.29, 0.717) is 48.7 Å². The fraction of sp³-hybridized carbons (Fsp3) is 0.200. The van der Waals surface area contributed by atoms with Crippen molar-refractivity contribution in [1.82, 2.24) is 9.88 Å². The molecule has 5 nitrogen and oxygen atoms in total. The number of fused-ring (bicyclic) bond motifs is 1. The van der Waals surface area contributed by atoms with E-state index in [1.807, 2.05) is 42.7 Å². The summed E-state index contributed by atoms with van der Waals surface area (Å²) in [6.45, 7) is 1.84. The SMILES string of the molecule is CSc1ccc(-c2cc3nccc(-c4ccc(F)c(C(=O)N5CCOCC5)c4)c3o2)cc1. The number of hydrogen-bond donors (Lipinski definition) is 0. The van der Waals surface area contributed by atoms with Gasteiger partial charge in [0.1, 0.15) is 17.1 Å². The average Bonchev–Trinajstić information content (AvgIpc) is 3.29. The maximum Gasteiger partial charge on any atom is 0.257 e. The number of aromatic nitrogens is 1. The van der Waals surface area contributed by atoms with Gasteiger partial charge in [-0.3, -0.25) is 9.78 Å². The number of halogens is 1. The Labute approximate surface area is 189 Å². The molecule has 1 amide bonds. The minimum Gasteiger partial charge on any atom is -0.454 e. The molecule has 2 aromatic heterocycles. The van der Waals surface area contributed by atoms with Crippen molar-refractivity contribution in [2.24, 2.45) is 0 Å². The summed E-state index contributed by atoms with van der Waals surface area (Å²) in [6, 6.07) is 16.4. The van der Waals surface area contributed by atoms with Crippen molar-refractivity contribution < 1.29 is 18.3 Å². The first-order chi connectivity index (χ1) is 15.6. The summed E-state index contributed by atoms with van der Waals surface area (Å²) in [5.74, 6) is -0.157. The molecule has 0 radical (unpaired) electrons. The van der Waals surface area contributed by atoms with Crippen LogP contribution in [0.1, 0.15) is 10.4 Å². The second kappa shape index (κ2) is 8.76. The molecule has 0 N–H and O–H groups in total. The van der Waals surface area contributed by atoms with Gasteiger partial charge in [-0.05, 0) is 42.2 Å². The van der Waals surface area contributed by atoms with Crippen LogP contribution < -0.4 is 0 Å². The summed E-state index contributed by atoms with van der Waals surface area (Å²) in [5.41, 5.74) is 3.78. The monoisotopic (exact) mass is 448 g/mol. The van der Waals surface area contributed by atoms with Crippen molar-refractivity contribution in [2.45, 2.75) is 4.90 Å². The zero-order chi connectivity index (χ0) is 22.1. The smallest absolute Gasteiger partial charge is 0.257 e. The minimum absolute atomic E-state index is 0.0498. The molecule has 7 heteroatoms. The number of furan rings is 1. The normalized spacial score (nSPS) is 14.1. The van der Waals surface area contributed by atoms with Gasteiger partial charge in [-0.1, -0.05) is 18.2 Å². The highest BCUT2D eigenvalue weighted by Crippen LogP contribution is 2.34. The first-order valence-corrected chi connectivity index (χ1v) is 11.6. The summed E-state index contributed by atoms with van der Waals surface area (Å²) in [4.78, 5) is 20.1. The third kappa shape index (κ3) is 3.89. The van der Waals surface area contributed by atoms with Crippen molar-refractivity contribution in [1.29, 1.82) is 0 Å².